The monoisotopic (exact) mass is 283 g/mol. The molecule has 0 atom stereocenters. The number of amides is 1. The molecule has 1 aromatic rings. The molecule has 1 aromatic carbocycles. The molecular weight excluding hydrogens is 270 g/mol. The zero-order chi connectivity index (χ0) is 14.3. The summed E-state index contributed by atoms with van der Waals surface area (Å²) < 4.78 is 0. The second-order valence-corrected chi connectivity index (χ2v) is 4.27. The standard InChI is InChI=1S/C12H14ClN3O3/c1-2-3-4-12(17)15-14-8-9-5-6-10(13)11(7-9)16(18)19/h5-8H,2-4H2,1H3,(H,15,17)/b14-8-. The van der Waals surface area contributed by atoms with Gasteiger partial charge in [-0.05, 0) is 12.5 Å². The van der Waals surface area contributed by atoms with E-state index in [2.05, 4.69) is 10.5 Å². The summed E-state index contributed by atoms with van der Waals surface area (Å²) in [6.07, 6.45) is 3.48. The Bertz CT molecular complexity index is 503. The number of hydrogen-bond donors (Lipinski definition) is 1. The lowest BCUT2D eigenvalue weighted by Gasteiger charge is -1.99. The van der Waals surface area contributed by atoms with Gasteiger partial charge in [-0.25, -0.2) is 5.43 Å². The van der Waals surface area contributed by atoms with Gasteiger partial charge in [0.15, 0.2) is 0 Å². The SMILES string of the molecule is CCCCC(=O)N/N=C\c1ccc(Cl)c([N+](=O)[O-])c1. The third-order valence-corrected chi connectivity index (χ3v) is 2.65. The van der Waals surface area contributed by atoms with E-state index in [1.165, 1.54) is 18.3 Å². The summed E-state index contributed by atoms with van der Waals surface area (Å²) in [5.41, 5.74) is 2.66. The van der Waals surface area contributed by atoms with Crippen molar-refractivity contribution < 1.29 is 9.72 Å². The minimum Gasteiger partial charge on any atom is -0.273 e. The van der Waals surface area contributed by atoms with Crippen molar-refractivity contribution >= 4 is 29.4 Å². The van der Waals surface area contributed by atoms with Crippen molar-refractivity contribution in [2.75, 3.05) is 0 Å². The van der Waals surface area contributed by atoms with Crippen LogP contribution < -0.4 is 5.43 Å². The first-order valence-corrected chi connectivity index (χ1v) is 6.18. The maximum absolute atomic E-state index is 11.3. The van der Waals surface area contributed by atoms with E-state index in [4.69, 9.17) is 11.6 Å². The fourth-order valence-corrected chi connectivity index (χ4v) is 1.51. The summed E-state index contributed by atoms with van der Waals surface area (Å²) >= 11 is 5.68. The van der Waals surface area contributed by atoms with E-state index < -0.39 is 4.92 Å². The minimum absolute atomic E-state index is 0.0640. The van der Waals surface area contributed by atoms with Crippen LogP contribution in [0.15, 0.2) is 23.3 Å². The number of carbonyl (C=O) groups is 1. The van der Waals surface area contributed by atoms with Crippen LogP contribution in [0, 0.1) is 10.1 Å². The Morgan fingerprint density at radius 3 is 2.95 bits per heavy atom. The van der Waals surface area contributed by atoms with Gasteiger partial charge in [-0.1, -0.05) is 31.0 Å². The summed E-state index contributed by atoms with van der Waals surface area (Å²) in [7, 11) is 0. The Labute approximate surface area is 115 Å². The van der Waals surface area contributed by atoms with Gasteiger partial charge in [0.2, 0.25) is 5.91 Å². The lowest BCUT2D eigenvalue weighted by atomic mass is 10.2. The number of rotatable bonds is 6. The normalized spacial score (nSPS) is 10.6. The lowest BCUT2D eigenvalue weighted by Crippen LogP contribution is -2.16. The fourth-order valence-electron chi connectivity index (χ4n) is 1.32. The second kappa shape index (κ2) is 7.48. The van der Waals surface area contributed by atoms with Gasteiger partial charge in [-0.3, -0.25) is 14.9 Å². The zero-order valence-electron chi connectivity index (χ0n) is 10.4. The highest BCUT2D eigenvalue weighted by Crippen LogP contribution is 2.24. The maximum atomic E-state index is 11.3. The van der Waals surface area contributed by atoms with Crippen LogP contribution in [0.4, 0.5) is 5.69 Å². The minimum atomic E-state index is -0.570. The molecular formula is C12H14ClN3O3. The molecule has 7 heteroatoms. The fraction of sp³-hybridized carbons (Fsp3) is 0.333. The van der Waals surface area contributed by atoms with E-state index in [9.17, 15) is 14.9 Å². The van der Waals surface area contributed by atoms with Gasteiger partial charge in [-0.15, -0.1) is 0 Å². The topological polar surface area (TPSA) is 84.6 Å². The van der Waals surface area contributed by atoms with E-state index in [0.29, 0.717) is 12.0 Å². The first-order valence-electron chi connectivity index (χ1n) is 5.80. The quantitative estimate of drug-likeness (QED) is 0.495. The van der Waals surface area contributed by atoms with Crippen LogP contribution in [0.1, 0.15) is 31.7 Å². The molecule has 0 saturated carbocycles. The molecule has 19 heavy (non-hydrogen) atoms. The number of halogens is 1. The molecule has 1 amide bonds. The van der Waals surface area contributed by atoms with Crippen LogP contribution in [0.3, 0.4) is 0 Å². The van der Waals surface area contributed by atoms with Crippen molar-refractivity contribution in [2.45, 2.75) is 26.2 Å². The molecule has 0 unspecified atom stereocenters. The Morgan fingerprint density at radius 1 is 1.58 bits per heavy atom. The Hall–Kier alpha value is -1.95. The number of nitrogens with one attached hydrogen (secondary N) is 1. The zero-order valence-corrected chi connectivity index (χ0v) is 11.2. The molecule has 0 saturated heterocycles. The smallest absolute Gasteiger partial charge is 0.273 e. The molecule has 0 radical (unpaired) electrons. The van der Waals surface area contributed by atoms with Crippen molar-refractivity contribution in [1.82, 2.24) is 5.43 Å². The summed E-state index contributed by atoms with van der Waals surface area (Å²) in [6.45, 7) is 1.99. The van der Waals surface area contributed by atoms with Gasteiger partial charge in [-0.2, -0.15) is 5.10 Å². The van der Waals surface area contributed by atoms with Crippen LogP contribution in [0.25, 0.3) is 0 Å². The summed E-state index contributed by atoms with van der Waals surface area (Å²) in [5, 5.41) is 14.5. The van der Waals surface area contributed by atoms with Gasteiger partial charge >= 0.3 is 0 Å². The molecule has 0 aliphatic carbocycles. The van der Waals surface area contributed by atoms with Crippen molar-refractivity contribution in [3.63, 3.8) is 0 Å². The van der Waals surface area contributed by atoms with Gasteiger partial charge < -0.3 is 0 Å². The summed E-state index contributed by atoms with van der Waals surface area (Å²) in [6, 6.07) is 4.29. The largest absolute Gasteiger partial charge is 0.288 e. The molecule has 0 aliphatic heterocycles. The summed E-state index contributed by atoms with van der Waals surface area (Å²) in [4.78, 5) is 21.4. The van der Waals surface area contributed by atoms with Crippen LogP contribution >= 0.6 is 11.6 Å². The van der Waals surface area contributed by atoms with Crippen LogP contribution in [0.5, 0.6) is 0 Å². The number of carbonyl (C=O) groups excluding carboxylic acids is 1. The molecule has 102 valence electrons. The van der Waals surface area contributed by atoms with E-state index in [-0.39, 0.29) is 16.6 Å². The number of unbranched alkanes of at least 4 members (excludes halogenated alkanes) is 1. The van der Waals surface area contributed by atoms with Crippen molar-refractivity contribution in [3.8, 4) is 0 Å². The van der Waals surface area contributed by atoms with Gasteiger partial charge in [0, 0.05) is 18.1 Å². The van der Waals surface area contributed by atoms with Crippen LogP contribution in [-0.4, -0.2) is 17.0 Å². The number of hydrazone groups is 1. The molecule has 1 rings (SSSR count). The van der Waals surface area contributed by atoms with Gasteiger partial charge in [0.1, 0.15) is 5.02 Å². The Kier molecular flexibility index (Phi) is 5.95. The third kappa shape index (κ3) is 5.05. The molecule has 0 aromatic heterocycles. The first kappa shape index (κ1) is 15.1. The van der Waals surface area contributed by atoms with E-state index in [0.717, 1.165) is 12.8 Å². The molecule has 6 nitrogen and oxygen atoms in total. The molecule has 1 N–H and O–H groups in total. The van der Waals surface area contributed by atoms with Crippen LogP contribution in [0.2, 0.25) is 5.02 Å². The predicted molar refractivity (Wildman–Crippen MR) is 73.4 cm³/mol. The van der Waals surface area contributed by atoms with E-state index in [1.54, 1.807) is 6.07 Å². The molecule has 0 aliphatic rings. The molecule has 0 heterocycles. The number of nitrogens with zero attached hydrogens (tertiary/aromatic N) is 2. The predicted octanol–water partition coefficient (Wildman–Crippen LogP) is 2.89. The van der Waals surface area contributed by atoms with Crippen molar-refractivity contribution in [3.05, 3.63) is 38.9 Å². The van der Waals surface area contributed by atoms with E-state index >= 15 is 0 Å². The third-order valence-electron chi connectivity index (χ3n) is 2.33. The first-order chi connectivity index (χ1) is 9.04. The second-order valence-electron chi connectivity index (χ2n) is 3.86. The highest BCUT2D eigenvalue weighted by molar-refractivity contribution is 6.32. The Morgan fingerprint density at radius 2 is 2.32 bits per heavy atom. The molecule has 0 bridgehead atoms. The number of nitro benzene ring substituents is 1. The number of benzene rings is 1. The van der Waals surface area contributed by atoms with E-state index in [1.807, 2.05) is 6.92 Å². The van der Waals surface area contributed by atoms with Gasteiger partial charge in [0.25, 0.3) is 5.69 Å². The molecule has 0 fully saturated rings. The van der Waals surface area contributed by atoms with Crippen LogP contribution in [-0.2, 0) is 4.79 Å². The maximum Gasteiger partial charge on any atom is 0.288 e. The van der Waals surface area contributed by atoms with Crippen molar-refractivity contribution in [1.29, 1.82) is 0 Å². The average Bonchev–Trinajstić information content (AvgIpc) is 2.38. The molecule has 0 spiro atoms. The van der Waals surface area contributed by atoms with Crippen molar-refractivity contribution in [2.24, 2.45) is 5.10 Å². The average molecular weight is 284 g/mol. The van der Waals surface area contributed by atoms with Gasteiger partial charge in [0.05, 0.1) is 11.1 Å². The summed E-state index contributed by atoms with van der Waals surface area (Å²) in [5.74, 6) is -0.179. The number of nitro groups is 1. The number of hydrogen-bond acceptors (Lipinski definition) is 4. The lowest BCUT2D eigenvalue weighted by molar-refractivity contribution is -0.384. The highest BCUT2D eigenvalue weighted by Gasteiger charge is 2.11. The highest BCUT2D eigenvalue weighted by atomic mass is 35.5. The Balaban J connectivity index is 2.64.